The molecule has 0 N–H and O–H groups in total. The van der Waals surface area contributed by atoms with Crippen molar-refractivity contribution in [1.29, 1.82) is 0 Å². The Balaban J connectivity index is 2.08. The van der Waals surface area contributed by atoms with Crippen molar-refractivity contribution in [2.45, 2.75) is 13.1 Å². The molecule has 0 radical (unpaired) electrons. The Kier molecular flexibility index (Phi) is 4.54. The van der Waals surface area contributed by atoms with Crippen molar-refractivity contribution in [1.82, 2.24) is 0 Å². The first kappa shape index (κ1) is 17.7. The predicted molar refractivity (Wildman–Crippen MR) is 93.1 cm³/mol. The number of rotatable bonds is 3. The molecule has 0 atom stereocenters. The molecule has 4 nitrogen and oxygen atoms in total. The quantitative estimate of drug-likeness (QED) is 0.764. The van der Waals surface area contributed by atoms with Crippen molar-refractivity contribution in [3.8, 4) is 5.75 Å². The molecular formula is C19H15F3N2O2. The molecule has 0 aliphatic carbocycles. The number of hydrogen-bond donors (Lipinski definition) is 0. The number of anilines is 1. The van der Waals surface area contributed by atoms with Crippen LogP contribution in [0.3, 0.4) is 0 Å². The molecule has 134 valence electrons. The number of amides is 1. The molecule has 3 rings (SSSR count). The van der Waals surface area contributed by atoms with E-state index in [0.29, 0.717) is 16.9 Å². The number of benzene rings is 2. The molecule has 0 saturated carbocycles. The third-order valence-electron chi connectivity index (χ3n) is 3.92. The van der Waals surface area contributed by atoms with Crippen LogP contribution in [0.2, 0.25) is 0 Å². The molecule has 2 aromatic rings. The number of nitrogens with zero attached hydrogens (tertiary/aromatic N) is 2. The second kappa shape index (κ2) is 6.67. The molecule has 0 fully saturated rings. The summed E-state index contributed by atoms with van der Waals surface area (Å²) in [6, 6.07) is 12.9. The van der Waals surface area contributed by atoms with E-state index in [9.17, 15) is 18.0 Å². The number of hydrazone groups is 1. The summed E-state index contributed by atoms with van der Waals surface area (Å²) in [7, 11) is 1.50. The Bertz CT molecular complexity index is 903. The van der Waals surface area contributed by atoms with Crippen LogP contribution in [0.5, 0.6) is 5.75 Å². The highest BCUT2D eigenvalue weighted by molar-refractivity contribution is 6.34. The number of alkyl halides is 3. The van der Waals surface area contributed by atoms with Crippen LogP contribution >= 0.6 is 0 Å². The zero-order chi connectivity index (χ0) is 18.9. The van der Waals surface area contributed by atoms with Crippen LogP contribution in [0.1, 0.15) is 11.1 Å². The highest BCUT2D eigenvalue weighted by Crippen LogP contribution is 2.33. The average molecular weight is 360 g/mol. The van der Waals surface area contributed by atoms with Gasteiger partial charge in [-0.05, 0) is 48.4 Å². The first-order chi connectivity index (χ1) is 12.3. The lowest BCUT2D eigenvalue weighted by atomic mass is 10.0. The van der Waals surface area contributed by atoms with Crippen LogP contribution in [0.15, 0.2) is 59.2 Å². The second-order valence-electron chi connectivity index (χ2n) is 5.68. The third-order valence-corrected chi connectivity index (χ3v) is 3.92. The lowest BCUT2D eigenvalue weighted by Gasteiger charge is -2.11. The fraction of sp³-hybridized carbons (Fsp3) is 0.158. The number of carbonyl (C=O) groups excluding carboxylic acids is 1. The highest BCUT2D eigenvalue weighted by Gasteiger charge is 2.46. The van der Waals surface area contributed by atoms with E-state index in [0.717, 1.165) is 5.01 Å². The molecule has 7 heteroatoms. The van der Waals surface area contributed by atoms with Crippen LogP contribution in [-0.4, -0.2) is 24.9 Å². The Morgan fingerprint density at radius 2 is 1.81 bits per heavy atom. The molecule has 0 unspecified atom stereocenters. The number of aryl methyl sites for hydroxylation is 1. The van der Waals surface area contributed by atoms with Crippen LogP contribution in [-0.2, 0) is 4.79 Å². The summed E-state index contributed by atoms with van der Waals surface area (Å²) in [6.07, 6.45) is -3.53. The highest BCUT2D eigenvalue weighted by atomic mass is 19.4. The van der Waals surface area contributed by atoms with Crippen molar-refractivity contribution in [2.24, 2.45) is 5.10 Å². The molecule has 1 amide bonds. The summed E-state index contributed by atoms with van der Waals surface area (Å²) in [4.78, 5) is 12.6. The van der Waals surface area contributed by atoms with Crippen molar-refractivity contribution in [2.75, 3.05) is 12.1 Å². The Morgan fingerprint density at radius 1 is 1.12 bits per heavy atom. The van der Waals surface area contributed by atoms with E-state index in [1.54, 1.807) is 43.3 Å². The van der Waals surface area contributed by atoms with Gasteiger partial charge in [0.2, 0.25) is 0 Å². The fourth-order valence-electron chi connectivity index (χ4n) is 2.59. The van der Waals surface area contributed by atoms with Gasteiger partial charge in [-0.3, -0.25) is 4.79 Å². The summed E-state index contributed by atoms with van der Waals surface area (Å²) in [6.45, 7) is 1.73. The lowest BCUT2D eigenvalue weighted by Crippen LogP contribution is -2.25. The normalized spacial score (nSPS) is 16.2. The molecule has 2 aromatic carbocycles. The SMILES string of the molecule is COc1ccc(/C=C2\C(=O)N(c3ccccc3)N=C2C(F)(F)F)c(C)c1. The van der Waals surface area contributed by atoms with Gasteiger partial charge in [-0.15, -0.1) is 0 Å². The minimum atomic E-state index is -4.74. The van der Waals surface area contributed by atoms with Crippen LogP contribution in [0.4, 0.5) is 18.9 Å². The minimum Gasteiger partial charge on any atom is -0.497 e. The van der Waals surface area contributed by atoms with Crippen molar-refractivity contribution in [3.05, 3.63) is 65.2 Å². The van der Waals surface area contributed by atoms with Gasteiger partial charge in [0.05, 0.1) is 18.4 Å². The van der Waals surface area contributed by atoms with Gasteiger partial charge < -0.3 is 4.74 Å². The molecule has 0 aromatic heterocycles. The molecular weight excluding hydrogens is 345 g/mol. The van der Waals surface area contributed by atoms with E-state index in [4.69, 9.17) is 4.74 Å². The van der Waals surface area contributed by atoms with Gasteiger partial charge in [-0.25, -0.2) is 0 Å². The number of methoxy groups -OCH3 is 1. The molecule has 1 heterocycles. The molecule has 0 spiro atoms. The Hall–Kier alpha value is -3.09. The zero-order valence-corrected chi connectivity index (χ0v) is 14.0. The van der Waals surface area contributed by atoms with Crippen molar-refractivity contribution in [3.63, 3.8) is 0 Å². The number of ether oxygens (including phenoxy) is 1. The number of carbonyl (C=O) groups is 1. The second-order valence-corrected chi connectivity index (χ2v) is 5.68. The summed E-state index contributed by atoms with van der Waals surface area (Å²) in [5.74, 6) is -0.239. The van der Waals surface area contributed by atoms with E-state index in [1.807, 2.05) is 0 Å². The molecule has 1 aliphatic heterocycles. The minimum absolute atomic E-state index is 0.272. The van der Waals surface area contributed by atoms with Crippen molar-refractivity contribution < 1.29 is 22.7 Å². The van der Waals surface area contributed by atoms with Gasteiger partial charge in [-0.2, -0.15) is 23.3 Å². The molecule has 1 aliphatic rings. The van der Waals surface area contributed by atoms with Gasteiger partial charge in [0.25, 0.3) is 5.91 Å². The maximum atomic E-state index is 13.4. The third kappa shape index (κ3) is 3.33. The summed E-state index contributed by atoms with van der Waals surface area (Å²) in [5, 5.41) is 4.31. The van der Waals surface area contributed by atoms with Crippen molar-refractivity contribution >= 4 is 23.4 Å². The fourth-order valence-corrected chi connectivity index (χ4v) is 2.59. The van der Waals surface area contributed by atoms with Crippen LogP contribution in [0.25, 0.3) is 6.08 Å². The average Bonchev–Trinajstić information content (AvgIpc) is 2.94. The Labute approximate surface area is 148 Å². The van der Waals surface area contributed by atoms with E-state index in [2.05, 4.69) is 5.10 Å². The van der Waals surface area contributed by atoms with Gasteiger partial charge >= 0.3 is 6.18 Å². The van der Waals surface area contributed by atoms with Crippen LogP contribution in [0, 0.1) is 6.92 Å². The standard InChI is InChI=1S/C19H15F3N2O2/c1-12-10-15(26-2)9-8-13(12)11-16-17(19(20,21)22)23-24(18(16)25)14-6-4-3-5-7-14/h3-11H,1-2H3/b16-11-. The number of para-hydroxylation sites is 1. The largest absolute Gasteiger partial charge is 0.497 e. The first-order valence-corrected chi connectivity index (χ1v) is 7.73. The molecule has 0 bridgehead atoms. The van der Waals surface area contributed by atoms with Gasteiger partial charge in [-0.1, -0.05) is 24.3 Å². The summed E-state index contributed by atoms with van der Waals surface area (Å²) < 4.78 is 45.4. The van der Waals surface area contributed by atoms with E-state index >= 15 is 0 Å². The van der Waals surface area contributed by atoms with Crippen LogP contribution < -0.4 is 9.75 Å². The smallest absolute Gasteiger partial charge is 0.435 e. The summed E-state index contributed by atoms with van der Waals surface area (Å²) >= 11 is 0. The topological polar surface area (TPSA) is 41.9 Å². The van der Waals surface area contributed by atoms with E-state index in [-0.39, 0.29) is 5.69 Å². The lowest BCUT2D eigenvalue weighted by molar-refractivity contribution is -0.114. The monoisotopic (exact) mass is 360 g/mol. The first-order valence-electron chi connectivity index (χ1n) is 7.73. The maximum absolute atomic E-state index is 13.4. The Morgan fingerprint density at radius 3 is 2.38 bits per heavy atom. The number of halogens is 3. The molecule has 26 heavy (non-hydrogen) atoms. The van der Waals surface area contributed by atoms with Gasteiger partial charge in [0.1, 0.15) is 5.75 Å². The van der Waals surface area contributed by atoms with E-state index < -0.39 is 23.4 Å². The summed E-state index contributed by atoms with van der Waals surface area (Å²) in [5.41, 5.74) is -0.254. The van der Waals surface area contributed by atoms with Gasteiger partial charge in [0.15, 0.2) is 5.71 Å². The zero-order valence-electron chi connectivity index (χ0n) is 14.0. The molecule has 0 saturated heterocycles. The maximum Gasteiger partial charge on any atom is 0.435 e. The van der Waals surface area contributed by atoms with E-state index in [1.165, 1.54) is 25.3 Å². The predicted octanol–water partition coefficient (Wildman–Crippen LogP) is 4.35. The van der Waals surface area contributed by atoms with Gasteiger partial charge in [0, 0.05) is 0 Å². The number of hydrogen-bond acceptors (Lipinski definition) is 3.